The van der Waals surface area contributed by atoms with Crippen LogP contribution in [0.25, 0.3) is 5.69 Å². The third kappa shape index (κ3) is 4.33. The number of anilines is 1. The predicted octanol–water partition coefficient (Wildman–Crippen LogP) is 2.49. The monoisotopic (exact) mass is 418 g/mol. The maximum Gasteiger partial charge on any atom is 0.295 e. The quantitative estimate of drug-likeness (QED) is 0.478. The molecular weight excluding hydrogens is 392 g/mol. The molecule has 0 bridgehead atoms. The van der Waals surface area contributed by atoms with E-state index < -0.39 is 11.7 Å². The molecule has 0 atom stereocenters. The van der Waals surface area contributed by atoms with Crippen molar-refractivity contribution in [1.29, 1.82) is 0 Å². The highest BCUT2D eigenvalue weighted by molar-refractivity contribution is 6.42. The molecule has 4 rings (SSSR count). The second kappa shape index (κ2) is 8.29. The molecule has 160 valence electrons. The summed E-state index contributed by atoms with van der Waals surface area (Å²) in [5, 5.41) is 12.0. The molecule has 8 nitrogen and oxygen atoms in total. The van der Waals surface area contributed by atoms with Crippen molar-refractivity contribution >= 4 is 17.6 Å². The summed E-state index contributed by atoms with van der Waals surface area (Å²) in [5.41, 5.74) is 2.42. The van der Waals surface area contributed by atoms with Crippen LogP contribution < -0.4 is 4.90 Å². The number of hydrogen-bond acceptors (Lipinski definition) is 6. The summed E-state index contributed by atoms with van der Waals surface area (Å²) in [5.74, 6) is -0.309. The van der Waals surface area contributed by atoms with Gasteiger partial charge in [0.2, 0.25) is 11.7 Å². The van der Waals surface area contributed by atoms with Crippen molar-refractivity contribution in [2.24, 2.45) is 0 Å². The first kappa shape index (κ1) is 20.7. The first-order valence-electron chi connectivity index (χ1n) is 10.4. The fourth-order valence-electron chi connectivity index (χ4n) is 3.61. The van der Waals surface area contributed by atoms with Crippen LogP contribution in [0, 0.1) is 0 Å². The normalized spacial score (nSPS) is 14.5. The molecule has 2 heterocycles. The predicted molar refractivity (Wildman–Crippen MR) is 117 cm³/mol. The van der Waals surface area contributed by atoms with E-state index in [0.717, 1.165) is 11.3 Å². The van der Waals surface area contributed by atoms with E-state index in [1.54, 1.807) is 21.7 Å². The highest BCUT2D eigenvalue weighted by Crippen LogP contribution is 2.23. The number of benzene rings is 2. The molecule has 1 amide bonds. The van der Waals surface area contributed by atoms with E-state index >= 15 is 0 Å². The van der Waals surface area contributed by atoms with Gasteiger partial charge in [-0.15, -0.1) is 0 Å². The average molecular weight is 419 g/mol. The number of piperazine rings is 1. The Labute approximate surface area is 181 Å². The van der Waals surface area contributed by atoms with Crippen molar-refractivity contribution in [2.45, 2.75) is 26.2 Å². The van der Waals surface area contributed by atoms with Crippen LogP contribution in [0.2, 0.25) is 0 Å². The molecule has 2 aromatic carbocycles. The van der Waals surface area contributed by atoms with Crippen LogP contribution in [0.5, 0.6) is 0 Å². The van der Waals surface area contributed by atoms with Crippen molar-refractivity contribution in [3.63, 3.8) is 0 Å². The Morgan fingerprint density at radius 3 is 2.13 bits per heavy atom. The maximum atomic E-state index is 12.8. The van der Waals surface area contributed by atoms with Crippen LogP contribution >= 0.6 is 0 Å². The fourth-order valence-corrected chi connectivity index (χ4v) is 3.61. The van der Waals surface area contributed by atoms with Crippen LogP contribution in [0.1, 0.15) is 36.7 Å². The number of Topliss-reactive ketones (excluding diaryl/α,β-unsaturated/α-hetero) is 1. The van der Waals surface area contributed by atoms with Gasteiger partial charge in [0, 0.05) is 31.7 Å². The van der Waals surface area contributed by atoms with E-state index in [4.69, 9.17) is 0 Å². The van der Waals surface area contributed by atoms with E-state index in [1.807, 2.05) is 47.4 Å². The summed E-state index contributed by atoms with van der Waals surface area (Å²) >= 11 is 0. The number of carbonyl (C=O) groups excluding carboxylic acids is 2. The van der Waals surface area contributed by atoms with E-state index in [-0.39, 0.29) is 5.41 Å². The Hall–Kier alpha value is -3.55. The molecule has 1 fully saturated rings. The fraction of sp³-hybridized carbons (Fsp3) is 0.348. The molecule has 0 spiro atoms. The molecule has 1 aliphatic heterocycles. The minimum atomic E-state index is -0.469. The van der Waals surface area contributed by atoms with Crippen LogP contribution in [0.15, 0.2) is 54.6 Å². The molecule has 8 heteroatoms. The summed E-state index contributed by atoms with van der Waals surface area (Å²) in [7, 11) is 0. The van der Waals surface area contributed by atoms with Gasteiger partial charge >= 0.3 is 0 Å². The third-order valence-corrected chi connectivity index (χ3v) is 5.51. The zero-order valence-electron chi connectivity index (χ0n) is 18.0. The lowest BCUT2D eigenvalue weighted by atomic mass is 9.86. The number of amides is 1. The molecule has 3 aromatic rings. The first-order chi connectivity index (χ1) is 14.8. The van der Waals surface area contributed by atoms with Gasteiger partial charge in [-0.05, 0) is 33.5 Å². The smallest absolute Gasteiger partial charge is 0.295 e. The molecule has 0 saturated carbocycles. The first-order valence-corrected chi connectivity index (χ1v) is 10.4. The molecule has 1 aromatic heterocycles. The van der Waals surface area contributed by atoms with E-state index in [2.05, 4.69) is 36.3 Å². The summed E-state index contributed by atoms with van der Waals surface area (Å²) in [6, 6.07) is 17.0. The maximum absolute atomic E-state index is 12.8. The van der Waals surface area contributed by atoms with Crippen molar-refractivity contribution in [1.82, 2.24) is 25.1 Å². The number of rotatable bonds is 4. The zero-order valence-corrected chi connectivity index (χ0v) is 18.0. The van der Waals surface area contributed by atoms with Gasteiger partial charge in [0.1, 0.15) is 0 Å². The largest absolute Gasteiger partial charge is 0.336 e. The third-order valence-electron chi connectivity index (χ3n) is 5.51. The molecule has 0 N–H and O–H groups in total. The minimum Gasteiger partial charge on any atom is -0.336 e. The second-order valence-electron chi connectivity index (χ2n) is 8.66. The zero-order chi connectivity index (χ0) is 22.0. The van der Waals surface area contributed by atoms with Gasteiger partial charge in [-0.3, -0.25) is 9.59 Å². The van der Waals surface area contributed by atoms with Gasteiger partial charge in [0.05, 0.1) is 5.69 Å². The highest BCUT2D eigenvalue weighted by Gasteiger charge is 2.29. The summed E-state index contributed by atoms with van der Waals surface area (Å²) in [6.45, 7) is 8.32. The Kier molecular flexibility index (Phi) is 5.54. The number of carbonyl (C=O) groups is 2. The minimum absolute atomic E-state index is 0.00290. The SMILES string of the molecule is CC(C)(C)c1ccc(C(=O)C(=O)N2CCN(c3nnnn3-c3ccccc3)CC2)cc1. The second-order valence-corrected chi connectivity index (χ2v) is 8.66. The van der Waals surface area contributed by atoms with Gasteiger partial charge in [-0.1, -0.05) is 68.3 Å². The lowest BCUT2D eigenvalue weighted by molar-refractivity contribution is -0.126. The lowest BCUT2D eigenvalue weighted by Gasteiger charge is -2.34. The van der Waals surface area contributed by atoms with Crippen molar-refractivity contribution in [3.8, 4) is 5.69 Å². The average Bonchev–Trinajstić information content (AvgIpc) is 3.28. The van der Waals surface area contributed by atoms with Crippen molar-refractivity contribution in [3.05, 3.63) is 65.7 Å². The topological polar surface area (TPSA) is 84.2 Å². The number of nitrogens with zero attached hydrogens (tertiary/aromatic N) is 6. The summed E-state index contributed by atoms with van der Waals surface area (Å²) in [4.78, 5) is 29.1. The molecule has 0 aliphatic carbocycles. The van der Waals surface area contributed by atoms with Gasteiger partial charge in [-0.2, -0.15) is 4.68 Å². The van der Waals surface area contributed by atoms with Crippen LogP contribution in [0.4, 0.5) is 5.95 Å². The molecular formula is C23H26N6O2. The van der Waals surface area contributed by atoms with Gasteiger partial charge < -0.3 is 9.80 Å². The Bertz CT molecular complexity index is 1060. The summed E-state index contributed by atoms with van der Waals surface area (Å²) in [6.07, 6.45) is 0. The number of tetrazole rings is 1. The van der Waals surface area contributed by atoms with Gasteiger partial charge in [-0.25, -0.2) is 0 Å². The highest BCUT2D eigenvalue weighted by atomic mass is 16.2. The number of para-hydroxylation sites is 1. The van der Waals surface area contributed by atoms with E-state index in [1.165, 1.54) is 0 Å². The molecule has 0 unspecified atom stereocenters. The van der Waals surface area contributed by atoms with Crippen LogP contribution in [-0.2, 0) is 10.2 Å². The van der Waals surface area contributed by atoms with Crippen molar-refractivity contribution in [2.75, 3.05) is 31.1 Å². The standard InChI is InChI=1S/C23H26N6O2/c1-23(2,3)18-11-9-17(10-12-18)20(30)21(31)27-13-15-28(16-14-27)22-24-25-26-29(22)19-7-5-4-6-8-19/h4-12H,13-16H2,1-3H3. The number of aromatic nitrogens is 4. The van der Waals surface area contributed by atoms with E-state index in [9.17, 15) is 9.59 Å². The Morgan fingerprint density at radius 1 is 0.871 bits per heavy atom. The van der Waals surface area contributed by atoms with E-state index in [0.29, 0.717) is 37.7 Å². The van der Waals surface area contributed by atoms with Crippen molar-refractivity contribution < 1.29 is 9.59 Å². The Morgan fingerprint density at radius 2 is 1.52 bits per heavy atom. The summed E-state index contributed by atoms with van der Waals surface area (Å²) < 4.78 is 1.68. The van der Waals surface area contributed by atoms with Gasteiger partial charge in [0.25, 0.3) is 5.91 Å². The molecule has 1 saturated heterocycles. The van der Waals surface area contributed by atoms with Gasteiger partial charge in [0.15, 0.2) is 0 Å². The van der Waals surface area contributed by atoms with Crippen LogP contribution in [0.3, 0.4) is 0 Å². The van der Waals surface area contributed by atoms with Crippen LogP contribution in [-0.4, -0.2) is 63.0 Å². The Balaban J connectivity index is 1.41. The molecule has 0 radical (unpaired) electrons. The number of hydrogen-bond donors (Lipinski definition) is 0. The molecule has 31 heavy (non-hydrogen) atoms. The molecule has 1 aliphatic rings. The number of ketones is 1. The lowest BCUT2D eigenvalue weighted by Crippen LogP contribution is -2.51.